The van der Waals surface area contributed by atoms with Gasteiger partial charge in [0.05, 0.1) is 26.5 Å². The Morgan fingerprint density at radius 1 is 1.12 bits per heavy atom. The number of ether oxygens (including phenoxy) is 3. The first kappa shape index (κ1) is 18.4. The minimum absolute atomic E-state index is 0.0788. The lowest BCUT2D eigenvalue weighted by Crippen LogP contribution is -2.31. The van der Waals surface area contributed by atoms with Crippen LogP contribution in [0.3, 0.4) is 0 Å². The van der Waals surface area contributed by atoms with Crippen molar-refractivity contribution >= 4 is 10.0 Å². The highest BCUT2D eigenvalue weighted by Crippen LogP contribution is 2.32. The molecule has 9 heteroatoms. The fraction of sp³-hybridized carbons (Fsp3) is 0.412. The normalized spacial score (nSPS) is 17.9. The molecule has 2 aromatic rings. The molecule has 1 aromatic heterocycles. The predicted octanol–water partition coefficient (Wildman–Crippen LogP) is 1.64. The summed E-state index contributed by atoms with van der Waals surface area (Å²) in [5, 5.41) is 7.90. The summed E-state index contributed by atoms with van der Waals surface area (Å²) < 4.78 is 43.6. The number of sulfonamides is 1. The molecular formula is C17H21N3O5S. The first-order chi connectivity index (χ1) is 12.4. The van der Waals surface area contributed by atoms with Gasteiger partial charge in [0.2, 0.25) is 15.9 Å². The number of methoxy groups -OCH3 is 2. The molecule has 1 unspecified atom stereocenters. The van der Waals surface area contributed by atoms with E-state index in [4.69, 9.17) is 14.2 Å². The van der Waals surface area contributed by atoms with Gasteiger partial charge in [-0.3, -0.25) is 0 Å². The predicted molar refractivity (Wildman–Crippen MR) is 94.1 cm³/mol. The summed E-state index contributed by atoms with van der Waals surface area (Å²) in [6, 6.07) is 8.23. The summed E-state index contributed by atoms with van der Waals surface area (Å²) in [6.07, 6.45) is 0.291. The van der Waals surface area contributed by atoms with Crippen LogP contribution in [0.5, 0.6) is 17.4 Å². The summed E-state index contributed by atoms with van der Waals surface area (Å²) in [5.74, 6) is 1.12. The lowest BCUT2D eigenvalue weighted by Gasteiger charge is -2.19. The minimum Gasteiger partial charge on any atom is -0.497 e. The molecular weight excluding hydrogens is 358 g/mol. The summed E-state index contributed by atoms with van der Waals surface area (Å²) in [5.41, 5.74) is 0.790. The largest absolute Gasteiger partial charge is 0.497 e. The smallest absolute Gasteiger partial charge is 0.247 e. The molecule has 1 aliphatic heterocycles. The Balaban J connectivity index is 1.78. The molecule has 1 aromatic carbocycles. The standard InChI is InChI=1S/C17H21N3O5S/c1-12-4-7-17(19-18-12)25-14-8-9-20(11-14)26(21,22)16-10-13(23-2)5-6-15(16)24-3/h4-7,10,14H,8-9,11H2,1-3H3. The van der Waals surface area contributed by atoms with Gasteiger partial charge in [-0.1, -0.05) is 0 Å². The van der Waals surface area contributed by atoms with E-state index in [1.165, 1.54) is 24.6 Å². The van der Waals surface area contributed by atoms with Gasteiger partial charge >= 0.3 is 0 Å². The van der Waals surface area contributed by atoms with Crippen LogP contribution < -0.4 is 14.2 Å². The third kappa shape index (κ3) is 3.73. The number of aryl methyl sites for hydroxylation is 1. The number of hydrogen-bond acceptors (Lipinski definition) is 7. The molecule has 26 heavy (non-hydrogen) atoms. The summed E-state index contributed by atoms with van der Waals surface area (Å²) in [7, 11) is -0.810. The minimum atomic E-state index is -3.73. The van der Waals surface area contributed by atoms with E-state index < -0.39 is 10.0 Å². The van der Waals surface area contributed by atoms with Gasteiger partial charge < -0.3 is 14.2 Å². The van der Waals surface area contributed by atoms with Crippen LogP contribution in [0.4, 0.5) is 0 Å². The molecule has 0 radical (unpaired) electrons. The van der Waals surface area contributed by atoms with Crippen molar-refractivity contribution < 1.29 is 22.6 Å². The molecule has 2 heterocycles. The van der Waals surface area contributed by atoms with Gasteiger partial charge in [-0.25, -0.2) is 8.42 Å². The lowest BCUT2D eigenvalue weighted by molar-refractivity contribution is 0.204. The molecule has 1 fully saturated rings. The van der Waals surface area contributed by atoms with Gasteiger partial charge in [-0.2, -0.15) is 9.40 Å². The van der Waals surface area contributed by atoms with Gasteiger partial charge in [-0.15, -0.1) is 5.10 Å². The third-order valence-electron chi connectivity index (χ3n) is 4.16. The molecule has 8 nitrogen and oxygen atoms in total. The summed E-state index contributed by atoms with van der Waals surface area (Å²) in [4.78, 5) is 0.0788. The Labute approximate surface area is 152 Å². The van der Waals surface area contributed by atoms with Crippen molar-refractivity contribution in [2.24, 2.45) is 0 Å². The van der Waals surface area contributed by atoms with Crippen molar-refractivity contribution in [3.63, 3.8) is 0 Å². The van der Waals surface area contributed by atoms with E-state index in [2.05, 4.69) is 10.2 Å². The van der Waals surface area contributed by atoms with E-state index in [-0.39, 0.29) is 23.3 Å². The molecule has 1 aliphatic rings. The molecule has 0 amide bonds. The molecule has 0 N–H and O–H groups in total. The Kier molecular flexibility index (Phi) is 5.28. The van der Waals surface area contributed by atoms with Crippen molar-refractivity contribution in [1.29, 1.82) is 0 Å². The van der Waals surface area contributed by atoms with E-state index in [9.17, 15) is 8.42 Å². The summed E-state index contributed by atoms with van der Waals surface area (Å²) in [6.45, 7) is 2.42. The quantitative estimate of drug-likeness (QED) is 0.753. The van der Waals surface area contributed by atoms with Crippen LogP contribution in [-0.2, 0) is 10.0 Å². The second kappa shape index (κ2) is 7.46. The zero-order chi connectivity index (χ0) is 18.7. The first-order valence-corrected chi connectivity index (χ1v) is 9.57. The van der Waals surface area contributed by atoms with Crippen molar-refractivity contribution in [3.8, 4) is 17.4 Å². The first-order valence-electron chi connectivity index (χ1n) is 8.13. The van der Waals surface area contributed by atoms with Crippen molar-refractivity contribution in [2.45, 2.75) is 24.3 Å². The van der Waals surface area contributed by atoms with Crippen molar-refractivity contribution in [1.82, 2.24) is 14.5 Å². The van der Waals surface area contributed by atoms with E-state index in [1.54, 1.807) is 24.3 Å². The maximum absolute atomic E-state index is 13.0. The third-order valence-corrected chi connectivity index (χ3v) is 6.04. The lowest BCUT2D eigenvalue weighted by atomic mass is 10.3. The fourth-order valence-corrected chi connectivity index (χ4v) is 4.41. The summed E-state index contributed by atoms with van der Waals surface area (Å²) >= 11 is 0. The van der Waals surface area contributed by atoms with Crippen molar-refractivity contribution in [2.75, 3.05) is 27.3 Å². The number of benzene rings is 1. The molecule has 3 rings (SSSR count). The molecule has 0 aliphatic carbocycles. The van der Waals surface area contributed by atoms with Crippen LogP contribution in [0.1, 0.15) is 12.1 Å². The Bertz CT molecular complexity index is 870. The highest BCUT2D eigenvalue weighted by Gasteiger charge is 2.35. The van der Waals surface area contributed by atoms with Crippen LogP contribution in [0.15, 0.2) is 35.2 Å². The van der Waals surface area contributed by atoms with Crippen LogP contribution in [0.2, 0.25) is 0 Å². The maximum atomic E-state index is 13.0. The van der Waals surface area contributed by atoms with Gasteiger partial charge in [0.1, 0.15) is 22.5 Å². The van der Waals surface area contributed by atoms with Crippen LogP contribution in [0.25, 0.3) is 0 Å². The molecule has 1 atom stereocenters. The van der Waals surface area contributed by atoms with E-state index in [0.717, 1.165) is 5.69 Å². The van der Waals surface area contributed by atoms with Gasteiger partial charge in [-0.05, 0) is 31.5 Å². The highest BCUT2D eigenvalue weighted by atomic mass is 32.2. The number of aromatic nitrogens is 2. The number of nitrogens with zero attached hydrogens (tertiary/aromatic N) is 3. The van der Waals surface area contributed by atoms with Crippen LogP contribution >= 0.6 is 0 Å². The maximum Gasteiger partial charge on any atom is 0.247 e. The number of rotatable bonds is 6. The van der Waals surface area contributed by atoms with E-state index in [0.29, 0.717) is 24.6 Å². The average Bonchev–Trinajstić information content (AvgIpc) is 3.12. The SMILES string of the molecule is COc1ccc(OC)c(S(=O)(=O)N2CCC(Oc3ccc(C)nn3)C2)c1. The molecule has 1 saturated heterocycles. The van der Waals surface area contributed by atoms with Gasteiger partial charge in [0, 0.05) is 18.7 Å². The van der Waals surface area contributed by atoms with Gasteiger partial charge in [0.15, 0.2) is 0 Å². The molecule has 0 saturated carbocycles. The zero-order valence-electron chi connectivity index (χ0n) is 14.9. The topological polar surface area (TPSA) is 90.9 Å². The van der Waals surface area contributed by atoms with E-state index in [1.807, 2.05) is 6.92 Å². The van der Waals surface area contributed by atoms with Gasteiger partial charge in [0.25, 0.3) is 0 Å². The molecule has 140 valence electrons. The fourth-order valence-electron chi connectivity index (χ4n) is 2.76. The Morgan fingerprint density at radius 2 is 1.92 bits per heavy atom. The molecule has 0 spiro atoms. The molecule has 0 bridgehead atoms. The monoisotopic (exact) mass is 379 g/mol. The number of hydrogen-bond donors (Lipinski definition) is 0. The Hall–Kier alpha value is -2.39. The highest BCUT2D eigenvalue weighted by molar-refractivity contribution is 7.89. The Morgan fingerprint density at radius 3 is 2.58 bits per heavy atom. The zero-order valence-corrected chi connectivity index (χ0v) is 15.7. The van der Waals surface area contributed by atoms with Crippen LogP contribution in [0, 0.1) is 6.92 Å². The van der Waals surface area contributed by atoms with E-state index >= 15 is 0 Å². The van der Waals surface area contributed by atoms with Crippen molar-refractivity contribution in [3.05, 3.63) is 36.0 Å². The second-order valence-corrected chi connectivity index (χ2v) is 7.83. The van der Waals surface area contributed by atoms with Crippen LogP contribution in [-0.4, -0.2) is 56.3 Å². The second-order valence-electron chi connectivity index (χ2n) is 5.92. The average molecular weight is 379 g/mol.